The molecule has 1 atom stereocenters. The number of sulfone groups is 1. The Hall–Kier alpha value is -1.65. The average molecular weight is 422 g/mol. The van der Waals surface area contributed by atoms with Crippen molar-refractivity contribution in [1.29, 1.82) is 0 Å². The molecule has 142 valence electrons. The van der Waals surface area contributed by atoms with Crippen LogP contribution in [0.5, 0.6) is 0 Å². The molecule has 2 heterocycles. The van der Waals surface area contributed by atoms with E-state index in [2.05, 4.69) is 9.82 Å². The first-order valence-electron chi connectivity index (χ1n) is 7.74. The number of hydrogen-bond donors (Lipinski definition) is 1. The molecule has 7 nitrogen and oxygen atoms in total. The van der Waals surface area contributed by atoms with Crippen LogP contribution in [0.2, 0.25) is 5.02 Å². The number of benzene rings is 1. The summed E-state index contributed by atoms with van der Waals surface area (Å²) in [5.41, 5.74) is 0.726. The second-order valence-electron chi connectivity index (χ2n) is 6.24. The standard InChI is InChI=1S/C15H17ClFN3O4S2/c1-9-15(10(2)20(18-9)12-5-6-25(21,22)8-12)26(23,24)19-11-3-4-14(17)13(16)7-11/h3-4,7,12,19H,5-6,8H2,1-2H3/t12-/m0/s1. The van der Waals surface area contributed by atoms with Crippen LogP contribution in [0.25, 0.3) is 0 Å². The fourth-order valence-electron chi connectivity index (χ4n) is 3.13. The molecule has 0 saturated carbocycles. The van der Waals surface area contributed by atoms with E-state index in [4.69, 9.17) is 11.6 Å². The smallest absolute Gasteiger partial charge is 0.265 e. The SMILES string of the molecule is Cc1nn([C@H]2CCS(=O)(=O)C2)c(C)c1S(=O)(=O)Nc1ccc(F)c(Cl)c1. The molecule has 0 unspecified atom stereocenters. The summed E-state index contributed by atoms with van der Waals surface area (Å²) >= 11 is 5.69. The van der Waals surface area contributed by atoms with Crippen molar-refractivity contribution < 1.29 is 21.2 Å². The summed E-state index contributed by atoms with van der Waals surface area (Å²) in [6.07, 6.45) is 0.394. The molecule has 0 aliphatic carbocycles. The Kier molecular flexibility index (Phi) is 4.78. The molecular formula is C15H17ClFN3O4S2. The molecule has 1 saturated heterocycles. The number of sulfonamides is 1. The molecule has 0 bridgehead atoms. The van der Waals surface area contributed by atoms with Crippen molar-refractivity contribution in [2.45, 2.75) is 31.2 Å². The predicted molar refractivity (Wildman–Crippen MR) is 96.2 cm³/mol. The van der Waals surface area contributed by atoms with Crippen molar-refractivity contribution in [3.05, 3.63) is 40.4 Å². The third-order valence-electron chi connectivity index (χ3n) is 4.25. The van der Waals surface area contributed by atoms with E-state index in [0.29, 0.717) is 12.1 Å². The monoisotopic (exact) mass is 421 g/mol. The highest BCUT2D eigenvalue weighted by molar-refractivity contribution is 7.92. The fourth-order valence-corrected chi connectivity index (χ4v) is 6.45. The quantitative estimate of drug-likeness (QED) is 0.817. The number of halogens is 2. The molecule has 0 amide bonds. The highest BCUT2D eigenvalue weighted by atomic mass is 35.5. The van der Waals surface area contributed by atoms with Gasteiger partial charge in [0.1, 0.15) is 10.7 Å². The zero-order valence-corrected chi connectivity index (χ0v) is 16.4. The van der Waals surface area contributed by atoms with E-state index < -0.39 is 25.7 Å². The molecule has 3 rings (SSSR count). The maximum Gasteiger partial charge on any atom is 0.265 e. The van der Waals surface area contributed by atoms with Crippen molar-refractivity contribution in [3.8, 4) is 0 Å². The molecule has 1 N–H and O–H groups in total. The Balaban J connectivity index is 1.96. The van der Waals surface area contributed by atoms with Crippen molar-refractivity contribution >= 4 is 37.1 Å². The molecule has 11 heteroatoms. The summed E-state index contributed by atoms with van der Waals surface area (Å²) in [6, 6.07) is 3.11. The summed E-state index contributed by atoms with van der Waals surface area (Å²) in [7, 11) is -7.14. The van der Waals surface area contributed by atoms with E-state index >= 15 is 0 Å². The van der Waals surface area contributed by atoms with Gasteiger partial charge in [-0.1, -0.05) is 11.6 Å². The zero-order chi connectivity index (χ0) is 19.3. The van der Waals surface area contributed by atoms with Crippen LogP contribution in [0.4, 0.5) is 10.1 Å². The summed E-state index contributed by atoms with van der Waals surface area (Å²) < 4.78 is 66.0. The Morgan fingerprint density at radius 1 is 1.35 bits per heavy atom. The molecule has 1 aliphatic rings. The highest BCUT2D eigenvalue weighted by Crippen LogP contribution is 2.30. The molecule has 0 radical (unpaired) electrons. The van der Waals surface area contributed by atoms with Gasteiger partial charge in [-0.3, -0.25) is 9.40 Å². The largest absolute Gasteiger partial charge is 0.279 e. The average Bonchev–Trinajstić information content (AvgIpc) is 3.02. The lowest BCUT2D eigenvalue weighted by atomic mass is 10.2. The van der Waals surface area contributed by atoms with Gasteiger partial charge < -0.3 is 0 Å². The summed E-state index contributed by atoms with van der Waals surface area (Å²) in [6.45, 7) is 3.12. The van der Waals surface area contributed by atoms with Gasteiger partial charge in [-0.25, -0.2) is 21.2 Å². The maximum absolute atomic E-state index is 13.2. The van der Waals surface area contributed by atoms with Crippen LogP contribution in [0.15, 0.2) is 23.1 Å². The summed E-state index contributed by atoms with van der Waals surface area (Å²) in [4.78, 5) is -0.0257. The van der Waals surface area contributed by atoms with E-state index in [-0.39, 0.29) is 38.8 Å². The van der Waals surface area contributed by atoms with Crippen LogP contribution in [0.3, 0.4) is 0 Å². The van der Waals surface area contributed by atoms with Crippen LogP contribution in [0, 0.1) is 19.7 Å². The van der Waals surface area contributed by atoms with Crippen molar-refractivity contribution in [1.82, 2.24) is 9.78 Å². The minimum absolute atomic E-state index is 0.0257. The second-order valence-corrected chi connectivity index (χ2v) is 10.5. The van der Waals surface area contributed by atoms with E-state index in [1.165, 1.54) is 16.8 Å². The van der Waals surface area contributed by atoms with Gasteiger partial charge >= 0.3 is 0 Å². The van der Waals surface area contributed by atoms with Crippen LogP contribution in [0.1, 0.15) is 23.9 Å². The highest BCUT2D eigenvalue weighted by Gasteiger charge is 2.33. The molecule has 1 aromatic heterocycles. The van der Waals surface area contributed by atoms with Gasteiger partial charge in [0.25, 0.3) is 10.0 Å². The predicted octanol–water partition coefficient (Wildman–Crippen LogP) is 2.45. The number of aromatic nitrogens is 2. The van der Waals surface area contributed by atoms with E-state index in [0.717, 1.165) is 6.07 Å². The van der Waals surface area contributed by atoms with E-state index in [1.807, 2.05) is 0 Å². The molecule has 0 spiro atoms. The molecule has 1 fully saturated rings. The van der Waals surface area contributed by atoms with Crippen molar-refractivity contribution in [2.24, 2.45) is 0 Å². The van der Waals surface area contributed by atoms with E-state index in [9.17, 15) is 21.2 Å². The zero-order valence-electron chi connectivity index (χ0n) is 14.0. The lowest BCUT2D eigenvalue weighted by Gasteiger charge is -2.12. The van der Waals surface area contributed by atoms with Crippen LogP contribution in [-0.4, -0.2) is 38.1 Å². The number of aryl methyl sites for hydroxylation is 1. The first-order chi connectivity index (χ1) is 12.0. The number of nitrogens with zero attached hydrogens (tertiary/aromatic N) is 2. The van der Waals surface area contributed by atoms with Crippen LogP contribution < -0.4 is 4.72 Å². The summed E-state index contributed by atoms with van der Waals surface area (Å²) in [5.74, 6) is -0.655. The Labute approximate surface area is 156 Å². The van der Waals surface area contributed by atoms with Crippen LogP contribution >= 0.6 is 11.6 Å². The molecule has 2 aromatic rings. The minimum atomic E-state index is -4.01. The second kappa shape index (κ2) is 6.50. The lowest BCUT2D eigenvalue weighted by Crippen LogP contribution is -2.17. The fraction of sp³-hybridized carbons (Fsp3) is 0.400. The van der Waals surface area contributed by atoms with Gasteiger partial charge in [0.05, 0.1) is 39.6 Å². The third kappa shape index (κ3) is 3.58. The van der Waals surface area contributed by atoms with Gasteiger partial charge in [0.2, 0.25) is 0 Å². The van der Waals surface area contributed by atoms with Gasteiger partial charge in [-0.05, 0) is 38.5 Å². The topological polar surface area (TPSA) is 98.1 Å². The minimum Gasteiger partial charge on any atom is -0.279 e. The van der Waals surface area contributed by atoms with Gasteiger partial charge in [-0.2, -0.15) is 5.10 Å². The third-order valence-corrected chi connectivity index (χ3v) is 7.93. The molecule has 26 heavy (non-hydrogen) atoms. The van der Waals surface area contributed by atoms with Crippen LogP contribution in [-0.2, 0) is 19.9 Å². The van der Waals surface area contributed by atoms with Crippen molar-refractivity contribution in [2.75, 3.05) is 16.2 Å². The normalized spacial score (nSPS) is 19.6. The van der Waals surface area contributed by atoms with Gasteiger partial charge in [-0.15, -0.1) is 0 Å². The maximum atomic E-state index is 13.2. The van der Waals surface area contributed by atoms with Gasteiger partial charge in [0, 0.05) is 0 Å². The van der Waals surface area contributed by atoms with E-state index in [1.54, 1.807) is 13.8 Å². The lowest BCUT2D eigenvalue weighted by molar-refractivity contribution is 0.484. The Bertz CT molecular complexity index is 1080. The summed E-state index contributed by atoms with van der Waals surface area (Å²) in [5, 5.41) is 4.04. The molecular weight excluding hydrogens is 405 g/mol. The first-order valence-corrected chi connectivity index (χ1v) is 11.4. The Morgan fingerprint density at radius 2 is 2.04 bits per heavy atom. The molecule has 1 aliphatic heterocycles. The first kappa shape index (κ1) is 19.1. The number of hydrogen-bond acceptors (Lipinski definition) is 5. The number of anilines is 1. The number of rotatable bonds is 4. The Morgan fingerprint density at radius 3 is 2.62 bits per heavy atom. The van der Waals surface area contributed by atoms with Gasteiger partial charge in [0.15, 0.2) is 9.84 Å². The molecule has 1 aromatic carbocycles. The number of nitrogens with one attached hydrogen (secondary N) is 1. The van der Waals surface area contributed by atoms with Crippen molar-refractivity contribution in [3.63, 3.8) is 0 Å².